The number of aliphatic hydroxyl groups excluding tert-OH is 1. The fraction of sp³-hybridized carbons (Fsp3) is 0.500. The number of methoxy groups -OCH3 is 1. The summed E-state index contributed by atoms with van der Waals surface area (Å²) in [6.45, 7) is 2.78. The van der Waals surface area contributed by atoms with Gasteiger partial charge in [0.15, 0.2) is 0 Å². The second kappa shape index (κ2) is 6.84. The summed E-state index contributed by atoms with van der Waals surface area (Å²) in [6, 6.07) is 6.24. The van der Waals surface area contributed by atoms with Crippen molar-refractivity contribution >= 4 is 10.0 Å². The summed E-state index contributed by atoms with van der Waals surface area (Å²) in [7, 11) is -1.94. The van der Waals surface area contributed by atoms with E-state index in [-0.39, 0.29) is 11.5 Å². The highest BCUT2D eigenvalue weighted by Crippen LogP contribution is 2.16. The largest absolute Gasteiger partial charge is 0.392 e. The lowest BCUT2D eigenvalue weighted by molar-refractivity contribution is 0.180. The first-order valence-electron chi connectivity index (χ1n) is 5.75. The van der Waals surface area contributed by atoms with E-state index < -0.39 is 10.0 Å². The number of sulfonamides is 1. The highest BCUT2D eigenvalue weighted by atomic mass is 32.2. The molecular formula is C12H19NO4S. The minimum atomic E-state index is -3.48. The predicted molar refractivity (Wildman–Crippen MR) is 68.7 cm³/mol. The molecule has 0 unspecified atom stereocenters. The summed E-state index contributed by atoms with van der Waals surface area (Å²) in [5, 5.41) is 8.93. The normalized spacial score (nSPS) is 12.0. The van der Waals surface area contributed by atoms with Gasteiger partial charge < -0.3 is 9.84 Å². The van der Waals surface area contributed by atoms with Crippen molar-refractivity contribution in [2.45, 2.75) is 18.4 Å². The van der Waals surface area contributed by atoms with Crippen molar-refractivity contribution in [3.63, 3.8) is 0 Å². The third-order valence-corrected chi connectivity index (χ3v) is 4.63. The zero-order chi connectivity index (χ0) is 13.6. The van der Waals surface area contributed by atoms with E-state index in [1.165, 1.54) is 23.5 Å². The molecule has 0 atom stereocenters. The Morgan fingerprint density at radius 2 is 1.89 bits per heavy atom. The number of hydrogen-bond donors (Lipinski definition) is 1. The molecule has 1 aromatic rings. The molecule has 1 aromatic carbocycles. The van der Waals surface area contributed by atoms with Crippen LogP contribution < -0.4 is 0 Å². The molecule has 0 spiro atoms. The van der Waals surface area contributed by atoms with Gasteiger partial charge >= 0.3 is 0 Å². The van der Waals surface area contributed by atoms with Crippen LogP contribution >= 0.6 is 0 Å². The maximum Gasteiger partial charge on any atom is 0.243 e. The molecular weight excluding hydrogens is 254 g/mol. The Labute approximate surface area is 108 Å². The topological polar surface area (TPSA) is 66.8 Å². The maximum atomic E-state index is 12.3. The van der Waals surface area contributed by atoms with E-state index in [1.54, 1.807) is 19.1 Å². The smallest absolute Gasteiger partial charge is 0.243 e. The minimum absolute atomic E-state index is 0.0957. The number of aliphatic hydroxyl groups is 1. The van der Waals surface area contributed by atoms with Crippen molar-refractivity contribution in [2.75, 3.05) is 26.8 Å². The average Bonchev–Trinajstić information content (AvgIpc) is 2.39. The zero-order valence-corrected chi connectivity index (χ0v) is 11.5. The van der Waals surface area contributed by atoms with Crippen LogP contribution in [0.5, 0.6) is 0 Å². The van der Waals surface area contributed by atoms with Crippen LogP contribution in [-0.2, 0) is 21.4 Å². The van der Waals surface area contributed by atoms with Gasteiger partial charge in [0.25, 0.3) is 0 Å². The second-order valence-electron chi connectivity index (χ2n) is 3.79. The summed E-state index contributed by atoms with van der Waals surface area (Å²) in [5.41, 5.74) is 0.689. The van der Waals surface area contributed by atoms with E-state index in [4.69, 9.17) is 9.84 Å². The molecule has 0 amide bonds. The number of likely N-dealkylation sites (N-methyl/N-ethyl adjacent to an activating group) is 1. The van der Waals surface area contributed by atoms with Crippen LogP contribution in [-0.4, -0.2) is 44.6 Å². The van der Waals surface area contributed by atoms with Crippen LogP contribution in [0, 0.1) is 0 Å². The average molecular weight is 273 g/mol. The van der Waals surface area contributed by atoms with Crippen molar-refractivity contribution in [3.05, 3.63) is 29.8 Å². The number of rotatable bonds is 7. The summed E-state index contributed by atoms with van der Waals surface area (Å²) in [6.07, 6.45) is 0. The fourth-order valence-corrected chi connectivity index (χ4v) is 2.99. The minimum Gasteiger partial charge on any atom is -0.392 e. The van der Waals surface area contributed by atoms with E-state index in [1.807, 2.05) is 0 Å². The van der Waals surface area contributed by atoms with Crippen LogP contribution in [0.1, 0.15) is 12.5 Å². The van der Waals surface area contributed by atoms with Gasteiger partial charge in [-0.2, -0.15) is 4.31 Å². The van der Waals surface area contributed by atoms with E-state index in [9.17, 15) is 8.42 Å². The van der Waals surface area contributed by atoms with Crippen LogP contribution in [0.4, 0.5) is 0 Å². The summed E-state index contributed by atoms with van der Waals surface area (Å²) in [4.78, 5) is 0.234. The Morgan fingerprint density at radius 1 is 1.28 bits per heavy atom. The van der Waals surface area contributed by atoms with Gasteiger partial charge in [-0.3, -0.25) is 0 Å². The number of benzene rings is 1. The predicted octanol–water partition coefficient (Wildman–Crippen LogP) is 0.836. The van der Waals surface area contributed by atoms with Crippen LogP contribution in [0.2, 0.25) is 0 Å². The zero-order valence-electron chi connectivity index (χ0n) is 10.7. The third-order valence-electron chi connectivity index (χ3n) is 2.64. The lowest BCUT2D eigenvalue weighted by atomic mass is 10.2. The van der Waals surface area contributed by atoms with Gasteiger partial charge in [0, 0.05) is 20.2 Å². The van der Waals surface area contributed by atoms with Gasteiger partial charge in [0.05, 0.1) is 18.1 Å². The summed E-state index contributed by atoms with van der Waals surface area (Å²) in [5.74, 6) is 0. The molecule has 1 rings (SSSR count). The van der Waals surface area contributed by atoms with Crippen molar-refractivity contribution in [3.8, 4) is 0 Å². The highest BCUT2D eigenvalue weighted by molar-refractivity contribution is 7.89. The van der Waals surface area contributed by atoms with Crippen LogP contribution in [0.3, 0.4) is 0 Å². The molecule has 1 N–H and O–H groups in total. The third kappa shape index (κ3) is 3.52. The van der Waals surface area contributed by atoms with E-state index in [0.29, 0.717) is 25.3 Å². The lowest BCUT2D eigenvalue weighted by Gasteiger charge is -2.20. The van der Waals surface area contributed by atoms with Crippen molar-refractivity contribution in [2.24, 2.45) is 0 Å². The van der Waals surface area contributed by atoms with Gasteiger partial charge in [-0.15, -0.1) is 0 Å². The molecule has 0 aromatic heterocycles. The van der Waals surface area contributed by atoms with Crippen molar-refractivity contribution in [1.29, 1.82) is 0 Å². The van der Waals surface area contributed by atoms with Gasteiger partial charge in [0.1, 0.15) is 0 Å². The summed E-state index contributed by atoms with van der Waals surface area (Å²) < 4.78 is 30.8. The lowest BCUT2D eigenvalue weighted by Crippen LogP contribution is -2.33. The SMILES string of the molecule is CCN(CCOC)S(=O)(=O)c1ccc(CO)cc1. The molecule has 18 heavy (non-hydrogen) atoms. The standard InChI is InChI=1S/C12H19NO4S/c1-3-13(8-9-17-2)18(15,16)12-6-4-11(10-14)5-7-12/h4-7,14H,3,8-10H2,1-2H3. The molecule has 5 nitrogen and oxygen atoms in total. The van der Waals surface area contributed by atoms with E-state index in [2.05, 4.69) is 0 Å². The first-order chi connectivity index (χ1) is 8.56. The monoisotopic (exact) mass is 273 g/mol. The number of hydrogen-bond acceptors (Lipinski definition) is 4. The first-order valence-corrected chi connectivity index (χ1v) is 7.19. The van der Waals surface area contributed by atoms with Gasteiger partial charge in [-0.25, -0.2) is 8.42 Å². The second-order valence-corrected chi connectivity index (χ2v) is 5.73. The van der Waals surface area contributed by atoms with Crippen LogP contribution in [0.25, 0.3) is 0 Å². The Hall–Kier alpha value is -0.950. The van der Waals surface area contributed by atoms with Gasteiger partial charge in [-0.1, -0.05) is 19.1 Å². The Morgan fingerprint density at radius 3 is 2.33 bits per heavy atom. The number of ether oxygens (including phenoxy) is 1. The quantitative estimate of drug-likeness (QED) is 0.799. The summed E-state index contributed by atoms with van der Waals surface area (Å²) >= 11 is 0. The Balaban J connectivity index is 2.95. The molecule has 0 aliphatic heterocycles. The molecule has 0 saturated carbocycles. The fourth-order valence-electron chi connectivity index (χ4n) is 1.56. The van der Waals surface area contributed by atoms with E-state index in [0.717, 1.165) is 0 Å². The molecule has 0 bridgehead atoms. The molecule has 0 heterocycles. The molecule has 0 aliphatic carbocycles. The Bertz CT molecular complexity index is 455. The van der Waals surface area contributed by atoms with Gasteiger partial charge in [-0.05, 0) is 17.7 Å². The molecule has 0 radical (unpaired) electrons. The Kier molecular flexibility index (Phi) is 5.74. The van der Waals surface area contributed by atoms with Crippen molar-refractivity contribution < 1.29 is 18.3 Å². The molecule has 0 saturated heterocycles. The first kappa shape index (κ1) is 15.1. The van der Waals surface area contributed by atoms with E-state index >= 15 is 0 Å². The molecule has 102 valence electrons. The van der Waals surface area contributed by atoms with Crippen LogP contribution in [0.15, 0.2) is 29.2 Å². The molecule has 6 heteroatoms. The number of nitrogens with zero attached hydrogens (tertiary/aromatic N) is 1. The highest BCUT2D eigenvalue weighted by Gasteiger charge is 2.22. The molecule has 0 fully saturated rings. The molecule has 0 aliphatic rings. The van der Waals surface area contributed by atoms with Gasteiger partial charge in [0.2, 0.25) is 10.0 Å². The van der Waals surface area contributed by atoms with Crippen molar-refractivity contribution in [1.82, 2.24) is 4.31 Å². The maximum absolute atomic E-state index is 12.3.